The topological polar surface area (TPSA) is 79.0 Å². The van der Waals surface area contributed by atoms with Crippen LogP contribution in [0.2, 0.25) is 5.02 Å². The van der Waals surface area contributed by atoms with E-state index in [0.29, 0.717) is 15.2 Å². The van der Waals surface area contributed by atoms with Crippen molar-refractivity contribution < 1.29 is 8.42 Å². The first kappa shape index (κ1) is 15.2. The Morgan fingerprint density at radius 1 is 1.14 bits per heavy atom. The minimum absolute atomic E-state index is 0.129. The van der Waals surface area contributed by atoms with Crippen molar-refractivity contribution >= 4 is 43.2 Å². The van der Waals surface area contributed by atoms with Crippen LogP contribution >= 0.6 is 22.9 Å². The zero-order valence-electron chi connectivity index (χ0n) is 11.2. The van der Waals surface area contributed by atoms with E-state index < -0.39 is 10.0 Å². The Balaban J connectivity index is 1.84. The number of hydrogen-bond donors (Lipinski definition) is 2. The SMILES string of the molecule is O=c1[nH]c2ccc(S(=O)(=O)NCc3ccc(Cl)cc3)cc2s1. The van der Waals surface area contributed by atoms with Crippen molar-refractivity contribution in [1.29, 1.82) is 0 Å². The summed E-state index contributed by atoms with van der Waals surface area (Å²) in [7, 11) is -3.64. The molecule has 3 aromatic rings. The number of hydrogen-bond acceptors (Lipinski definition) is 4. The monoisotopic (exact) mass is 354 g/mol. The molecule has 0 atom stereocenters. The number of fused-ring (bicyclic) bond motifs is 1. The molecule has 0 radical (unpaired) electrons. The lowest BCUT2D eigenvalue weighted by molar-refractivity contribution is 0.581. The van der Waals surface area contributed by atoms with Crippen LogP contribution in [0, 0.1) is 0 Å². The van der Waals surface area contributed by atoms with Gasteiger partial charge in [-0.2, -0.15) is 0 Å². The number of nitrogens with one attached hydrogen (secondary N) is 2. The number of benzene rings is 2. The summed E-state index contributed by atoms with van der Waals surface area (Å²) in [5, 5.41) is 0.597. The predicted octanol–water partition coefficient (Wildman–Crippen LogP) is 2.72. The molecule has 0 bridgehead atoms. The van der Waals surface area contributed by atoms with Gasteiger partial charge in [-0.25, -0.2) is 13.1 Å². The van der Waals surface area contributed by atoms with Gasteiger partial charge in [-0.05, 0) is 35.9 Å². The highest BCUT2D eigenvalue weighted by atomic mass is 35.5. The third kappa shape index (κ3) is 3.22. The van der Waals surface area contributed by atoms with E-state index in [2.05, 4.69) is 9.71 Å². The van der Waals surface area contributed by atoms with Crippen LogP contribution in [0.25, 0.3) is 10.2 Å². The molecule has 0 unspecified atom stereocenters. The maximum Gasteiger partial charge on any atom is 0.305 e. The first-order valence-corrected chi connectivity index (χ1v) is 8.99. The van der Waals surface area contributed by atoms with Gasteiger partial charge in [0.25, 0.3) is 0 Å². The van der Waals surface area contributed by atoms with Crippen LogP contribution in [0.5, 0.6) is 0 Å². The molecule has 0 saturated carbocycles. The molecule has 0 saturated heterocycles. The fraction of sp³-hybridized carbons (Fsp3) is 0.0714. The number of aromatic nitrogens is 1. The summed E-state index contributed by atoms with van der Waals surface area (Å²) in [6, 6.07) is 11.5. The number of sulfonamides is 1. The fourth-order valence-electron chi connectivity index (χ4n) is 1.96. The van der Waals surface area contributed by atoms with E-state index in [4.69, 9.17) is 11.6 Å². The molecule has 1 aromatic heterocycles. The van der Waals surface area contributed by atoms with E-state index in [9.17, 15) is 13.2 Å². The Labute approximate surface area is 135 Å². The molecule has 0 amide bonds. The van der Waals surface area contributed by atoms with Crippen LogP contribution in [0.15, 0.2) is 52.2 Å². The molecule has 0 aliphatic rings. The fourth-order valence-corrected chi connectivity index (χ4v) is 3.98. The van der Waals surface area contributed by atoms with Crippen LogP contribution in [0.1, 0.15) is 5.56 Å². The van der Waals surface area contributed by atoms with Gasteiger partial charge in [-0.3, -0.25) is 4.79 Å². The van der Waals surface area contributed by atoms with E-state index >= 15 is 0 Å². The van der Waals surface area contributed by atoms with Crippen molar-refractivity contribution in [3.8, 4) is 0 Å². The molecule has 0 aliphatic carbocycles. The summed E-state index contributed by atoms with van der Waals surface area (Å²) in [4.78, 5) is 13.8. The molecule has 22 heavy (non-hydrogen) atoms. The highest BCUT2D eigenvalue weighted by molar-refractivity contribution is 7.89. The van der Waals surface area contributed by atoms with E-state index in [1.54, 1.807) is 30.3 Å². The summed E-state index contributed by atoms with van der Waals surface area (Å²) in [5.41, 5.74) is 1.44. The van der Waals surface area contributed by atoms with Gasteiger partial charge in [0.15, 0.2) is 0 Å². The maximum atomic E-state index is 12.3. The number of rotatable bonds is 4. The highest BCUT2D eigenvalue weighted by Crippen LogP contribution is 2.19. The van der Waals surface area contributed by atoms with Crippen molar-refractivity contribution in [3.05, 3.63) is 62.7 Å². The van der Waals surface area contributed by atoms with Gasteiger partial charge in [-0.1, -0.05) is 35.1 Å². The van der Waals surface area contributed by atoms with Crippen molar-refractivity contribution in [2.45, 2.75) is 11.4 Å². The quantitative estimate of drug-likeness (QED) is 0.756. The second-order valence-electron chi connectivity index (χ2n) is 4.62. The van der Waals surface area contributed by atoms with Gasteiger partial charge < -0.3 is 4.98 Å². The van der Waals surface area contributed by atoms with Crippen LogP contribution in [-0.2, 0) is 16.6 Å². The number of thiazole rings is 1. The highest BCUT2D eigenvalue weighted by Gasteiger charge is 2.15. The standard InChI is InChI=1S/C14H11ClN2O3S2/c15-10-3-1-9(2-4-10)8-16-22(19,20)11-5-6-12-13(7-11)21-14(18)17-12/h1-7,16H,8H2,(H,17,18). The van der Waals surface area contributed by atoms with Crippen molar-refractivity contribution in [2.24, 2.45) is 0 Å². The molecule has 2 N–H and O–H groups in total. The maximum absolute atomic E-state index is 12.3. The number of H-pyrrole nitrogens is 1. The van der Waals surface area contributed by atoms with E-state index in [0.717, 1.165) is 16.9 Å². The van der Waals surface area contributed by atoms with E-state index in [1.165, 1.54) is 12.1 Å². The molecule has 2 aromatic carbocycles. The summed E-state index contributed by atoms with van der Waals surface area (Å²) < 4.78 is 27.7. The van der Waals surface area contributed by atoms with Crippen LogP contribution in [0.3, 0.4) is 0 Å². The minimum atomic E-state index is -3.64. The molecular formula is C14H11ClN2O3S2. The predicted molar refractivity (Wildman–Crippen MR) is 87.9 cm³/mol. The molecule has 0 aliphatic heterocycles. The first-order chi connectivity index (χ1) is 10.4. The largest absolute Gasteiger partial charge is 0.312 e. The third-order valence-electron chi connectivity index (χ3n) is 3.08. The van der Waals surface area contributed by atoms with Gasteiger partial charge in [0.1, 0.15) is 0 Å². The normalized spacial score (nSPS) is 11.9. The van der Waals surface area contributed by atoms with Crippen LogP contribution in [0.4, 0.5) is 0 Å². The summed E-state index contributed by atoms with van der Waals surface area (Å²) in [5.74, 6) is 0. The summed E-state index contributed by atoms with van der Waals surface area (Å²) in [6.07, 6.45) is 0. The number of aromatic amines is 1. The third-order valence-corrected chi connectivity index (χ3v) is 5.58. The van der Waals surface area contributed by atoms with Crippen molar-refractivity contribution in [1.82, 2.24) is 9.71 Å². The Hall–Kier alpha value is -1.67. The summed E-state index contributed by atoms with van der Waals surface area (Å²) >= 11 is 6.77. The molecule has 5 nitrogen and oxygen atoms in total. The summed E-state index contributed by atoms with van der Waals surface area (Å²) in [6.45, 7) is 0.168. The molecule has 3 rings (SSSR count). The average Bonchev–Trinajstić information content (AvgIpc) is 2.86. The van der Waals surface area contributed by atoms with Crippen molar-refractivity contribution in [3.63, 3.8) is 0 Å². The van der Waals surface area contributed by atoms with E-state index in [1.807, 2.05) is 0 Å². The molecule has 8 heteroatoms. The lowest BCUT2D eigenvalue weighted by atomic mass is 10.2. The second kappa shape index (κ2) is 5.85. The lowest BCUT2D eigenvalue weighted by Crippen LogP contribution is -2.23. The zero-order chi connectivity index (χ0) is 15.7. The molecular weight excluding hydrogens is 344 g/mol. The van der Waals surface area contributed by atoms with Crippen LogP contribution in [-0.4, -0.2) is 13.4 Å². The van der Waals surface area contributed by atoms with Gasteiger partial charge in [0.2, 0.25) is 10.0 Å². The van der Waals surface area contributed by atoms with Gasteiger partial charge in [0.05, 0.1) is 15.1 Å². The van der Waals surface area contributed by atoms with Gasteiger partial charge in [0, 0.05) is 11.6 Å². The van der Waals surface area contributed by atoms with Gasteiger partial charge >= 0.3 is 4.87 Å². The molecule has 1 heterocycles. The van der Waals surface area contributed by atoms with Gasteiger partial charge in [-0.15, -0.1) is 0 Å². The lowest BCUT2D eigenvalue weighted by Gasteiger charge is -2.07. The Kier molecular flexibility index (Phi) is 4.05. The Morgan fingerprint density at radius 3 is 2.59 bits per heavy atom. The zero-order valence-corrected chi connectivity index (χ0v) is 13.6. The van der Waals surface area contributed by atoms with Crippen LogP contribution < -0.4 is 9.60 Å². The first-order valence-electron chi connectivity index (χ1n) is 6.31. The minimum Gasteiger partial charge on any atom is -0.312 e. The Bertz CT molecular complexity index is 975. The van der Waals surface area contributed by atoms with E-state index in [-0.39, 0.29) is 16.3 Å². The molecule has 0 fully saturated rings. The average molecular weight is 355 g/mol. The van der Waals surface area contributed by atoms with Crippen molar-refractivity contribution in [2.75, 3.05) is 0 Å². The second-order valence-corrected chi connectivity index (χ2v) is 7.84. The number of halogens is 1. The Morgan fingerprint density at radius 2 is 1.86 bits per heavy atom. The smallest absolute Gasteiger partial charge is 0.305 e. The molecule has 114 valence electrons. The molecule has 0 spiro atoms.